The molecule has 0 radical (unpaired) electrons. The lowest BCUT2D eigenvalue weighted by atomic mass is 10.1. The van der Waals surface area contributed by atoms with Gasteiger partial charge in [0.2, 0.25) is 5.91 Å². The molecule has 38 heavy (non-hydrogen) atoms. The number of likely N-dealkylation sites (tertiary alicyclic amines) is 1. The summed E-state index contributed by atoms with van der Waals surface area (Å²) in [5.41, 5.74) is 1.63. The molecule has 2 atom stereocenters. The number of H-pyrrole nitrogens is 1. The van der Waals surface area contributed by atoms with Gasteiger partial charge in [0.05, 0.1) is 11.7 Å². The van der Waals surface area contributed by atoms with Gasteiger partial charge in [0, 0.05) is 79.0 Å². The average molecular weight is 577 g/mol. The van der Waals surface area contributed by atoms with E-state index in [2.05, 4.69) is 22.2 Å². The summed E-state index contributed by atoms with van der Waals surface area (Å²) in [6.07, 6.45) is 2.01. The lowest BCUT2D eigenvalue weighted by Gasteiger charge is -2.41. The highest BCUT2D eigenvalue weighted by Gasteiger charge is 2.40. The van der Waals surface area contributed by atoms with E-state index in [0.717, 1.165) is 23.4 Å². The third kappa shape index (κ3) is 4.73. The van der Waals surface area contributed by atoms with Gasteiger partial charge in [-0.25, -0.2) is 13.4 Å². The Morgan fingerprint density at radius 1 is 1.24 bits per heavy atom. The van der Waals surface area contributed by atoms with Crippen LogP contribution >= 0.6 is 22.9 Å². The Bertz CT molecular complexity index is 1520. The number of nitrogens with zero attached hydrogens (tertiary/aromatic N) is 4. The summed E-state index contributed by atoms with van der Waals surface area (Å²) >= 11 is 7.49. The Balaban J connectivity index is 1.27. The Hall–Kier alpha value is -2.51. The van der Waals surface area contributed by atoms with Gasteiger partial charge in [-0.2, -0.15) is 4.31 Å². The Labute approximate surface area is 230 Å². The van der Waals surface area contributed by atoms with Crippen molar-refractivity contribution in [3.63, 3.8) is 0 Å². The average Bonchev–Trinajstić information content (AvgIpc) is 3.61. The Morgan fingerprint density at radius 2 is 2.08 bits per heavy atom. The number of nitrogens with one attached hydrogen (secondary N) is 2. The summed E-state index contributed by atoms with van der Waals surface area (Å²) in [6, 6.07) is 6.58. The number of fused-ring (bicyclic) bond motifs is 2. The Kier molecular flexibility index (Phi) is 6.71. The van der Waals surface area contributed by atoms with Gasteiger partial charge in [0.25, 0.3) is 15.9 Å². The summed E-state index contributed by atoms with van der Waals surface area (Å²) in [5.74, 6) is -0.166. The number of benzene rings is 1. The zero-order chi connectivity index (χ0) is 26.6. The zero-order valence-corrected chi connectivity index (χ0v) is 23.3. The van der Waals surface area contributed by atoms with Crippen LogP contribution in [-0.4, -0.2) is 89.1 Å². The summed E-state index contributed by atoms with van der Waals surface area (Å²) in [4.78, 5) is 38.3. The van der Waals surface area contributed by atoms with E-state index in [1.165, 1.54) is 15.6 Å². The van der Waals surface area contributed by atoms with Crippen LogP contribution in [-0.2, 0) is 27.8 Å². The molecule has 3 aromatic rings. The van der Waals surface area contributed by atoms with Gasteiger partial charge in [0.15, 0.2) is 5.01 Å². The summed E-state index contributed by atoms with van der Waals surface area (Å²) in [7, 11) is -3.87. The molecule has 5 heterocycles. The van der Waals surface area contributed by atoms with Crippen molar-refractivity contribution >= 4 is 55.7 Å². The van der Waals surface area contributed by atoms with Gasteiger partial charge >= 0.3 is 0 Å². The second-order valence-corrected chi connectivity index (χ2v) is 13.6. The van der Waals surface area contributed by atoms with Gasteiger partial charge in [-0.05, 0) is 37.6 Å². The fourth-order valence-corrected chi connectivity index (χ4v) is 8.16. The highest BCUT2D eigenvalue weighted by Crippen LogP contribution is 2.29. The van der Waals surface area contributed by atoms with E-state index in [0.29, 0.717) is 53.0 Å². The minimum atomic E-state index is -3.87. The second kappa shape index (κ2) is 9.91. The fraction of sp³-hybridized carbons (Fsp3) is 0.480. The number of piperazine rings is 1. The van der Waals surface area contributed by atoms with Crippen LogP contribution in [0.25, 0.3) is 10.9 Å². The molecular formula is C25H29ClN6O4S2. The molecule has 2 amide bonds. The van der Waals surface area contributed by atoms with Gasteiger partial charge in [-0.1, -0.05) is 11.6 Å². The van der Waals surface area contributed by atoms with Crippen molar-refractivity contribution in [2.45, 2.75) is 49.8 Å². The first-order valence-electron chi connectivity index (χ1n) is 12.8. The van der Waals surface area contributed by atoms with Crippen molar-refractivity contribution in [2.24, 2.45) is 0 Å². The number of hydrogen-bond acceptors (Lipinski definition) is 7. The van der Waals surface area contributed by atoms with Crippen molar-refractivity contribution in [1.29, 1.82) is 0 Å². The second-order valence-electron chi connectivity index (χ2n) is 10.2. The third-order valence-electron chi connectivity index (χ3n) is 7.56. The number of aromatic nitrogens is 2. The van der Waals surface area contributed by atoms with Gasteiger partial charge in [-0.3, -0.25) is 9.59 Å². The number of aromatic amines is 1. The normalized spacial score (nSPS) is 22.8. The third-order valence-corrected chi connectivity index (χ3v) is 10.7. The molecule has 0 spiro atoms. The summed E-state index contributed by atoms with van der Waals surface area (Å²) in [6.45, 7) is 4.15. The highest BCUT2D eigenvalue weighted by molar-refractivity contribution is 7.89. The van der Waals surface area contributed by atoms with E-state index < -0.39 is 16.1 Å². The molecule has 13 heteroatoms. The van der Waals surface area contributed by atoms with Crippen LogP contribution in [0.2, 0.25) is 5.02 Å². The van der Waals surface area contributed by atoms with Crippen LogP contribution in [0.5, 0.6) is 0 Å². The molecule has 202 valence electrons. The van der Waals surface area contributed by atoms with Crippen LogP contribution in [0.3, 0.4) is 0 Å². The minimum Gasteiger partial charge on any atom is -0.345 e. The molecule has 6 rings (SSSR count). The highest BCUT2D eigenvalue weighted by atomic mass is 35.5. The number of rotatable bonds is 5. The number of halogens is 1. The predicted molar refractivity (Wildman–Crippen MR) is 145 cm³/mol. The Morgan fingerprint density at radius 3 is 2.87 bits per heavy atom. The molecule has 2 unspecified atom stereocenters. The van der Waals surface area contributed by atoms with Crippen molar-refractivity contribution in [1.82, 2.24) is 29.4 Å². The fourth-order valence-electron chi connectivity index (χ4n) is 5.50. The van der Waals surface area contributed by atoms with E-state index in [1.54, 1.807) is 34.1 Å². The molecule has 0 bridgehead atoms. The quantitative estimate of drug-likeness (QED) is 0.482. The number of thiazole rings is 1. The first kappa shape index (κ1) is 25.8. The number of hydrogen-bond donors (Lipinski definition) is 2. The minimum absolute atomic E-state index is 0.0367. The van der Waals surface area contributed by atoms with Crippen molar-refractivity contribution < 1.29 is 18.0 Å². The topological polar surface area (TPSA) is 119 Å². The lowest BCUT2D eigenvalue weighted by Crippen LogP contribution is -2.59. The van der Waals surface area contributed by atoms with Crippen LogP contribution in [0.15, 0.2) is 29.3 Å². The molecule has 10 nitrogen and oxygen atoms in total. The maximum Gasteiger partial charge on any atom is 0.283 e. The number of amides is 2. The van der Waals surface area contributed by atoms with E-state index in [1.807, 2.05) is 0 Å². The molecule has 2 aromatic heterocycles. The van der Waals surface area contributed by atoms with Crippen LogP contribution < -0.4 is 5.32 Å². The van der Waals surface area contributed by atoms with Crippen molar-refractivity contribution in [3.8, 4) is 0 Å². The molecule has 2 N–H and O–H groups in total. The molecule has 3 aliphatic heterocycles. The van der Waals surface area contributed by atoms with E-state index in [-0.39, 0.29) is 36.5 Å². The van der Waals surface area contributed by atoms with Crippen molar-refractivity contribution in [2.75, 3.05) is 32.7 Å². The molecular weight excluding hydrogens is 548 g/mol. The lowest BCUT2D eigenvalue weighted by molar-refractivity contribution is -0.128. The van der Waals surface area contributed by atoms with Gasteiger partial charge in [0.1, 0.15) is 5.03 Å². The van der Waals surface area contributed by atoms with Crippen LogP contribution in [0, 0.1) is 0 Å². The van der Waals surface area contributed by atoms with E-state index in [4.69, 9.17) is 11.6 Å². The maximum atomic E-state index is 13.7. The van der Waals surface area contributed by atoms with E-state index in [9.17, 15) is 18.0 Å². The summed E-state index contributed by atoms with van der Waals surface area (Å²) in [5, 5.41) is 5.14. The molecule has 1 aromatic carbocycles. The van der Waals surface area contributed by atoms with Crippen LogP contribution in [0.1, 0.15) is 40.1 Å². The van der Waals surface area contributed by atoms with Crippen LogP contribution in [0.4, 0.5) is 0 Å². The smallest absolute Gasteiger partial charge is 0.283 e. The first-order valence-corrected chi connectivity index (χ1v) is 15.4. The molecule has 2 saturated heterocycles. The monoisotopic (exact) mass is 576 g/mol. The van der Waals surface area contributed by atoms with Crippen molar-refractivity contribution in [3.05, 3.63) is 44.9 Å². The summed E-state index contributed by atoms with van der Waals surface area (Å²) < 4.78 is 28.7. The van der Waals surface area contributed by atoms with Gasteiger partial charge < -0.3 is 20.1 Å². The number of carbonyl (C=O) groups is 2. The SMILES string of the molecule is CC1Cc2nc(C(=O)N3CCN(S(=O)(=O)c4cc5cc(Cl)ccc5[nH]4)CC3CN3CCCC3=O)sc2CN1. The maximum absolute atomic E-state index is 13.7. The molecule has 0 aliphatic carbocycles. The number of sulfonamides is 1. The van der Waals surface area contributed by atoms with E-state index >= 15 is 0 Å². The molecule has 3 aliphatic rings. The number of carbonyl (C=O) groups excluding carboxylic acids is 2. The zero-order valence-electron chi connectivity index (χ0n) is 20.9. The largest absolute Gasteiger partial charge is 0.345 e. The predicted octanol–water partition coefficient (Wildman–Crippen LogP) is 2.45. The molecule has 2 fully saturated rings. The molecule has 0 saturated carbocycles. The van der Waals surface area contributed by atoms with Gasteiger partial charge in [-0.15, -0.1) is 11.3 Å². The standard InChI is InChI=1S/C25H29ClN6O4S2/c1-15-9-20-21(12-27-15)37-24(29-20)25(34)32-8-7-31(14-18(32)13-30-6-2-3-23(30)33)38(35,36)22-11-16-10-17(26)4-5-19(16)28-22/h4-5,10-11,15,18,27-28H,2-3,6-9,12-14H2,1H3. The first-order chi connectivity index (χ1) is 18.2.